The summed E-state index contributed by atoms with van der Waals surface area (Å²) in [6.07, 6.45) is 2.51. The molecule has 1 N–H and O–H groups in total. The minimum atomic E-state index is -0.208. The van der Waals surface area contributed by atoms with Gasteiger partial charge in [-0.05, 0) is 31.9 Å². The molecule has 1 aromatic heterocycles. The monoisotopic (exact) mass is 361 g/mol. The first kappa shape index (κ1) is 20.2. The zero-order valence-electron chi connectivity index (χ0n) is 16.5. The standard InChI is InChI=1S/C19H31N5O2/c1-6-23(7-2)19(26)17-10-16(21-14(3)25)13-24(17)12-15-8-9-18(20-11-15)22(4)5/h8-9,11,16-17H,6-7,10,12-13H2,1-5H3,(H,21,25)/t16-,17+/m1/s1. The van der Waals surface area contributed by atoms with Gasteiger partial charge in [-0.25, -0.2) is 4.98 Å². The number of carbonyl (C=O) groups excluding carboxylic acids is 2. The van der Waals surface area contributed by atoms with Crippen molar-refractivity contribution in [1.82, 2.24) is 20.1 Å². The summed E-state index contributed by atoms with van der Waals surface area (Å²) in [5.41, 5.74) is 1.07. The number of nitrogens with one attached hydrogen (secondary N) is 1. The molecule has 0 aromatic carbocycles. The van der Waals surface area contributed by atoms with Crippen molar-refractivity contribution >= 4 is 17.6 Å². The highest BCUT2D eigenvalue weighted by molar-refractivity contribution is 5.82. The predicted octanol–water partition coefficient (Wildman–Crippen LogP) is 1.10. The fourth-order valence-corrected chi connectivity index (χ4v) is 3.48. The zero-order valence-corrected chi connectivity index (χ0v) is 16.5. The van der Waals surface area contributed by atoms with Gasteiger partial charge in [-0.15, -0.1) is 0 Å². The Morgan fingerprint density at radius 1 is 1.27 bits per heavy atom. The number of likely N-dealkylation sites (N-methyl/N-ethyl adjacent to an activating group) is 1. The van der Waals surface area contributed by atoms with Crippen molar-refractivity contribution in [2.45, 2.75) is 45.8 Å². The second kappa shape index (κ2) is 8.98. The molecule has 1 aromatic rings. The van der Waals surface area contributed by atoms with Crippen molar-refractivity contribution in [3.63, 3.8) is 0 Å². The smallest absolute Gasteiger partial charge is 0.240 e. The first-order chi connectivity index (χ1) is 12.3. The number of hydrogen-bond donors (Lipinski definition) is 1. The summed E-state index contributed by atoms with van der Waals surface area (Å²) in [6, 6.07) is 3.83. The van der Waals surface area contributed by atoms with Crippen LogP contribution in [-0.2, 0) is 16.1 Å². The lowest BCUT2D eigenvalue weighted by Crippen LogP contribution is -2.45. The molecule has 1 aliphatic heterocycles. The first-order valence-electron chi connectivity index (χ1n) is 9.27. The highest BCUT2D eigenvalue weighted by atomic mass is 16.2. The van der Waals surface area contributed by atoms with Crippen LogP contribution >= 0.6 is 0 Å². The number of pyridine rings is 1. The summed E-state index contributed by atoms with van der Waals surface area (Å²) >= 11 is 0. The molecule has 0 aliphatic carbocycles. The molecule has 0 bridgehead atoms. The van der Waals surface area contributed by atoms with Crippen molar-refractivity contribution < 1.29 is 9.59 Å². The molecule has 0 unspecified atom stereocenters. The van der Waals surface area contributed by atoms with E-state index in [1.54, 1.807) is 0 Å². The van der Waals surface area contributed by atoms with Gasteiger partial charge in [-0.2, -0.15) is 0 Å². The normalized spacial score (nSPS) is 20.0. The predicted molar refractivity (Wildman–Crippen MR) is 103 cm³/mol. The zero-order chi connectivity index (χ0) is 19.3. The van der Waals surface area contributed by atoms with Gasteiger partial charge in [0.05, 0.1) is 6.04 Å². The number of anilines is 1. The molecular formula is C19H31N5O2. The van der Waals surface area contributed by atoms with Crippen LogP contribution in [0.15, 0.2) is 18.3 Å². The lowest BCUT2D eigenvalue weighted by Gasteiger charge is -2.28. The van der Waals surface area contributed by atoms with E-state index in [1.165, 1.54) is 6.92 Å². The van der Waals surface area contributed by atoms with Crippen molar-refractivity contribution in [2.24, 2.45) is 0 Å². The fourth-order valence-electron chi connectivity index (χ4n) is 3.48. The van der Waals surface area contributed by atoms with Crippen molar-refractivity contribution in [3.05, 3.63) is 23.9 Å². The number of amides is 2. The average Bonchev–Trinajstić information content (AvgIpc) is 2.97. The molecule has 2 atom stereocenters. The Hall–Kier alpha value is -2.15. The van der Waals surface area contributed by atoms with Crippen LogP contribution in [0.4, 0.5) is 5.82 Å². The van der Waals surface area contributed by atoms with Crippen molar-refractivity contribution in [2.75, 3.05) is 38.6 Å². The van der Waals surface area contributed by atoms with Gasteiger partial charge in [-0.3, -0.25) is 14.5 Å². The van der Waals surface area contributed by atoms with Gasteiger partial charge in [0.1, 0.15) is 5.82 Å². The average molecular weight is 361 g/mol. The molecule has 2 rings (SSSR count). The Labute approximate surface area is 156 Å². The summed E-state index contributed by atoms with van der Waals surface area (Å²) in [5.74, 6) is 0.991. The van der Waals surface area contributed by atoms with Crippen LogP contribution in [0.5, 0.6) is 0 Å². The summed E-state index contributed by atoms with van der Waals surface area (Å²) in [4.78, 5) is 34.8. The van der Waals surface area contributed by atoms with Crippen molar-refractivity contribution in [3.8, 4) is 0 Å². The minimum absolute atomic E-state index is 0.00557. The fraction of sp³-hybridized carbons (Fsp3) is 0.632. The highest BCUT2D eigenvalue weighted by Gasteiger charge is 2.38. The van der Waals surface area contributed by atoms with E-state index in [1.807, 2.05) is 56.1 Å². The van der Waals surface area contributed by atoms with Gasteiger partial charge >= 0.3 is 0 Å². The topological polar surface area (TPSA) is 68.8 Å². The number of nitrogens with zero attached hydrogens (tertiary/aromatic N) is 4. The Kier molecular flexibility index (Phi) is 6.97. The molecule has 26 heavy (non-hydrogen) atoms. The second-order valence-corrected chi connectivity index (χ2v) is 7.01. The molecule has 7 heteroatoms. The molecule has 0 saturated carbocycles. The molecule has 0 spiro atoms. The van der Waals surface area contributed by atoms with Crippen LogP contribution in [0, 0.1) is 0 Å². The molecule has 2 amide bonds. The molecule has 1 fully saturated rings. The van der Waals surface area contributed by atoms with E-state index in [-0.39, 0.29) is 23.9 Å². The van der Waals surface area contributed by atoms with E-state index in [9.17, 15) is 9.59 Å². The van der Waals surface area contributed by atoms with Gasteiger partial charge in [0.2, 0.25) is 11.8 Å². The number of hydrogen-bond acceptors (Lipinski definition) is 5. The first-order valence-corrected chi connectivity index (χ1v) is 9.27. The lowest BCUT2D eigenvalue weighted by atomic mass is 10.1. The summed E-state index contributed by atoms with van der Waals surface area (Å²) in [5, 5.41) is 2.97. The van der Waals surface area contributed by atoms with E-state index in [2.05, 4.69) is 15.2 Å². The number of aromatic nitrogens is 1. The van der Waals surface area contributed by atoms with E-state index < -0.39 is 0 Å². The van der Waals surface area contributed by atoms with Crippen LogP contribution in [0.1, 0.15) is 32.8 Å². The molecule has 1 saturated heterocycles. The van der Waals surface area contributed by atoms with Crippen molar-refractivity contribution in [1.29, 1.82) is 0 Å². The number of likely N-dealkylation sites (tertiary alicyclic amines) is 1. The van der Waals surface area contributed by atoms with E-state index in [0.717, 1.165) is 11.4 Å². The minimum Gasteiger partial charge on any atom is -0.363 e. The van der Waals surface area contributed by atoms with E-state index >= 15 is 0 Å². The highest BCUT2D eigenvalue weighted by Crippen LogP contribution is 2.23. The molecule has 144 valence electrons. The van der Waals surface area contributed by atoms with Gasteiger partial charge < -0.3 is 15.1 Å². The van der Waals surface area contributed by atoms with Crippen LogP contribution in [0.2, 0.25) is 0 Å². The summed E-state index contributed by atoms with van der Waals surface area (Å²) in [6.45, 7) is 8.23. The van der Waals surface area contributed by atoms with Gasteiger partial charge in [0, 0.05) is 59.4 Å². The maximum atomic E-state index is 12.9. The number of carbonyl (C=O) groups is 2. The second-order valence-electron chi connectivity index (χ2n) is 7.01. The number of rotatable bonds is 7. The van der Waals surface area contributed by atoms with E-state index in [4.69, 9.17) is 0 Å². The van der Waals surface area contributed by atoms with Gasteiger partial charge in [0.25, 0.3) is 0 Å². The SMILES string of the molecule is CCN(CC)C(=O)[C@@H]1C[C@@H](NC(C)=O)CN1Cc1ccc(N(C)C)nc1. The molecule has 2 heterocycles. The maximum absolute atomic E-state index is 12.9. The lowest BCUT2D eigenvalue weighted by molar-refractivity contribution is -0.135. The van der Waals surface area contributed by atoms with Crippen LogP contribution < -0.4 is 10.2 Å². The quantitative estimate of drug-likeness (QED) is 0.787. The Morgan fingerprint density at radius 2 is 1.96 bits per heavy atom. The van der Waals surface area contributed by atoms with E-state index in [0.29, 0.717) is 32.6 Å². The molecule has 1 aliphatic rings. The third-order valence-corrected chi connectivity index (χ3v) is 4.82. The summed E-state index contributed by atoms with van der Waals surface area (Å²) < 4.78 is 0. The largest absolute Gasteiger partial charge is 0.363 e. The Balaban J connectivity index is 2.15. The summed E-state index contributed by atoms with van der Waals surface area (Å²) in [7, 11) is 3.92. The van der Waals surface area contributed by atoms with Gasteiger partial charge in [0.15, 0.2) is 0 Å². The van der Waals surface area contributed by atoms with Crippen LogP contribution in [0.3, 0.4) is 0 Å². The Bertz CT molecular complexity index is 613. The molecule has 7 nitrogen and oxygen atoms in total. The maximum Gasteiger partial charge on any atom is 0.240 e. The molecular weight excluding hydrogens is 330 g/mol. The van der Waals surface area contributed by atoms with Crippen LogP contribution in [0.25, 0.3) is 0 Å². The third-order valence-electron chi connectivity index (χ3n) is 4.82. The third kappa shape index (κ3) is 4.94. The Morgan fingerprint density at radius 3 is 2.46 bits per heavy atom. The van der Waals surface area contributed by atoms with Gasteiger partial charge in [-0.1, -0.05) is 6.07 Å². The molecule has 0 radical (unpaired) electrons. The van der Waals surface area contributed by atoms with Crippen LogP contribution in [-0.4, -0.2) is 72.4 Å².